The zero-order chi connectivity index (χ0) is 27.8. The van der Waals surface area contributed by atoms with Gasteiger partial charge in [0.25, 0.3) is 5.66 Å². The Morgan fingerprint density at radius 2 is 1.86 bits per heavy atom. The molecule has 0 aliphatic heterocycles. The number of aryl methyl sites for hydroxylation is 2. The SMILES string of the molecule is COC.Cc1cc(C(F)(F)P)cc2c1cc(Cc1c(Cl)ccc(CC(C=O)CCCNC=O)c1Cl)n2C. The van der Waals surface area contributed by atoms with Gasteiger partial charge in [0.15, 0.2) is 0 Å². The number of benzene rings is 2. The number of carbonyl (C=O) groups excluding carboxylic acids is 2. The first-order valence-electron chi connectivity index (χ1n) is 11.7. The molecule has 0 fully saturated rings. The van der Waals surface area contributed by atoms with E-state index in [1.54, 1.807) is 29.5 Å². The molecule has 37 heavy (non-hydrogen) atoms. The van der Waals surface area contributed by atoms with Crippen LogP contribution in [0.4, 0.5) is 8.78 Å². The summed E-state index contributed by atoms with van der Waals surface area (Å²) >= 11 is 13.2. The van der Waals surface area contributed by atoms with E-state index in [0.717, 1.165) is 34.1 Å². The number of hydrogen-bond donors (Lipinski definition) is 1. The molecule has 2 unspecified atom stereocenters. The minimum atomic E-state index is -3.01. The molecule has 10 heteroatoms. The highest BCUT2D eigenvalue weighted by atomic mass is 35.5. The molecular weight excluding hydrogens is 540 g/mol. The summed E-state index contributed by atoms with van der Waals surface area (Å²) < 4.78 is 34.0. The van der Waals surface area contributed by atoms with Crippen molar-refractivity contribution in [2.75, 3.05) is 20.8 Å². The molecule has 3 aromatic rings. The summed E-state index contributed by atoms with van der Waals surface area (Å²) in [6.45, 7) is 2.33. The molecule has 0 aliphatic carbocycles. The summed E-state index contributed by atoms with van der Waals surface area (Å²) in [4.78, 5) is 22.0. The van der Waals surface area contributed by atoms with Crippen LogP contribution in [0.5, 0.6) is 0 Å². The van der Waals surface area contributed by atoms with E-state index in [0.29, 0.717) is 54.2 Å². The molecule has 1 amide bonds. The van der Waals surface area contributed by atoms with Gasteiger partial charge < -0.3 is 19.4 Å². The Kier molecular flexibility index (Phi) is 12.0. The van der Waals surface area contributed by atoms with Crippen LogP contribution in [0.15, 0.2) is 30.3 Å². The predicted octanol–water partition coefficient (Wildman–Crippen LogP) is 6.46. The van der Waals surface area contributed by atoms with Crippen molar-refractivity contribution in [3.05, 3.63) is 68.3 Å². The molecule has 1 aromatic heterocycles. The monoisotopic (exact) mass is 572 g/mol. The van der Waals surface area contributed by atoms with Crippen LogP contribution in [0.25, 0.3) is 10.9 Å². The molecule has 1 N–H and O–H groups in total. The fraction of sp³-hybridized carbons (Fsp3) is 0.407. The third kappa shape index (κ3) is 8.22. The minimum Gasteiger partial charge on any atom is -0.388 e. The number of ether oxygens (including phenoxy) is 1. The maximum Gasteiger partial charge on any atom is 0.283 e. The number of aromatic nitrogens is 1. The number of rotatable bonds is 11. The second-order valence-electron chi connectivity index (χ2n) is 8.94. The Morgan fingerprint density at radius 3 is 2.46 bits per heavy atom. The quantitative estimate of drug-likeness (QED) is 0.163. The number of nitrogens with zero attached hydrogens (tertiary/aromatic N) is 1. The number of alkyl halides is 2. The average Bonchev–Trinajstić information content (AvgIpc) is 3.16. The zero-order valence-electron chi connectivity index (χ0n) is 21.4. The number of halogens is 4. The van der Waals surface area contributed by atoms with E-state index in [-0.39, 0.29) is 11.5 Å². The van der Waals surface area contributed by atoms with Gasteiger partial charge in [0.1, 0.15) is 6.29 Å². The lowest BCUT2D eigenvalue weighted by Gasteiger charge is -2.16. The highest BCUT2D eigenvalue weighted by Gasteiger charge is 2.26. The molecule has 202 valence electrons. The summed E-state index contributed by atoms with van der Waals surface area (Å²) in [6.07, 6.45) is 3.75. The lowest BCUT2D eigenvalue weighted by Crippen LogP contribution is -2.15. The largest absolute Gasteiger partial charge is 0.388 e. The molecule has 0 spiro atoms. The van der Waals surface area contributed by atoms with E-state index in [4.69, 9.17) is 23.2 Å². The maximum atomic E-state index is 13.9. The van der Waals surface area contributed by atoms with Crippen LogP contribution in [0.2, 0.25) is 10.0 Å². The molecule has 0 bridgehead atoms. The molecule has 0 saturated carbocycles. The smallest absolute Gasteiger partial charge is 0.283 e. The van der Waals surface area contributed by atoms with Crippen LogP contribution in [0, 0.1) is 12.8 Å². The third-order valence-corrected chi connectivity index (χ3v) is 7.29. The number of methoxy groups -OCH3 is 1. The van der Waals surface area contributed by atoms with E-state index in [1.807, 2.05) is 30.7 Å². The molecular formula is C27H33Cl2F2N2O3P. The highest BCUT2D eigenvalue weighted by Crippen LogP contribution is 2.39. The van der Waals surface area contributed by atoms with Crippen LogP contribution in [-0.4, -0.2) is 38.0 Å². The lowest BCUT2D eigenvalue weighted by atomic mass is 9.94. The van der Waals surface area contributed by atoms with Gasteiger partial charge in [0.2, 0.25) is 6.41 Å². The van der Waals surface area contributed by atoms with Gasteiger partial charge in [-0.2, -0.15) is 8.78 Å². The van der Waals surface area contributed by atoms with Gasteiger partial charge in [-0.25, -0.2) is 0 Å². The van der Waals surface area contributed by atoms with Gasteiger partial charge in [-0.05, 0) is 67.1 Å². The third-order valence-electron chi connectivity index (χ3n) is 6.13. The lowest BCUT2D eigenvalue weighted by molar-refractivity contribution is -0.111. The zero-order valence-corrected chi connectivity index (χ0v) is 24.1. The Morgan fingerprint density at radius 1 is 1.19 bits per heavy atom. The van der Waals surface area contributed by atoms with E-state index in [9.17, 15) is 18.4 Å². The molecule has 0 aliphatic rings. The topological polar surface area (TPSA) is 60.3 Å². The first kappa shape index (κ1) is 31.2. The van der Waals surface area contributed by atoms with Crippen LogP contribution in [0.1, 0.15) is 40.8 Å². The molecule has 2 aromatic carbocycles. The molecule has 0 radical (unpaired) electrons. The van der Waals surface area contributed by atoms with Gasteiger partial charge in [-0.15, -0.1) is 0 Å². The van der Waals surface area contributed by atoms with Crippen molar-refractivity contribution in [1.82, 2.24) is 9.88 Å². The number of carbonyl (C=O) groups is 2. The normalized spacial score (nSPS) is 12.1. The van der Waals surface area contributed by atoms with Crippen molar-refractivity contribution in [3.8, 4) is 0 Å². The summed E-state index contributed by atoms with van der Waals surface area (Å²) in [7, 11) is 6.67. The van der Waals surface area contributed by atoms with Crippen molar-refractivity contribution in [2.24, 2.45) is 13.0 Å². The molecule has 5 nitrogen and oxygen atoms in total. The molecule has 0 saturated heterocycles. The van der Waals surface area contributed by atoms with Crippen LogP contribution < -0.4 is 5.32 Å². The Bertz CT molecular complexity index is 1230. The van der Waals surface area contributed by atoms with Crippen LogP contribution in [0.3, 0.4) is 0 Å². The average molecular weight is 573 g/mol. The van der Waals surface area contributed by atoms with Gasteiger partial charge >= 0.3 is 0 Å². The standard InChI is InChI=1S/C25H27Cl2F2N2O2P.C2H6O/c1-15-8-18(25(28,29)34)10-23-20(15)11-19(31(23)2)12-21-22(26)6-5-17(24(21)27)9-16(13-32)4-3-7-30-14-33;1-3-2/h5-6,8,10-11,13-14,16H,3-4,7,9,12,34H2,1-2H3,(H,30,33);1-2H3. The summed E-state index contributed by atoms with van der Waals surface area (Å²) in [5.41, 5.74) is 0.838. The first-order valence-corrected chi connectivity index (χ1v) is 13.1. The van der Waals surface area contributed by atoms with Crippen LogP contribution >= 0.6 is 32.4 Å². The fourth-order valence-electron chi connectivity index (χ4n) is 4.20. The summed E-state index contributed by atoms with van der Waals surface area (Å²) in [5.74, 6) is -0.229. The van der Waals surface area contributed by atoms with Crippen molar-refractivity contribution < 1.29 is 23.1 Å². The Labute approximate surface area is 229 Å². The van der Waals surface area contributed by atoms with Crippen LogP contribution in [-0.2, 0) is 39.9 Å². The minimum absolute atomic E-state index is 0.0587. The summed E-state index contributed by atoms with van der Waals surface area (Å²) in [6, 6.07) is 8.58. The first-order chi connectivity index (χ1) is 17.5. The second kappa shape index (κ2) is 14.2. The predicted molar refractivity (Wildman–Crippen MR) is 150 cm³/mol. The highest BCUT2D eigenvalue weighted by molar-refractivity contribution is 7.17. The Hall–Kier alpha value is -2.05. The Balaban J connectivity index is 0.00000153. The second-order valence-corrected chi connectivity index (χ2v) is 10.5. The van der Waals surface area contributed by atoms with Gasteiger partial charge in [0, 0.05) is 72.4 Å². The molecule has 3 rings (SSSR count). The van der Waals surface area contributed by atoms with Gasteiger partial charge in [0.05, 0.1) is 0 Å². The number of amides is 1. The van der Waals surface area contributed by atoms with Gasteiger partial charge in [-0.3, -0.25) is 4.79 Å². The van der Waals surface area contributed by atoms with Crippen molar-refractivity contribution >= 4 is 56.0 Å². The van der Waals surface area contributed by atoms with Crippen molar-refractivity contribution in [1.29, 1.82) is 0 Å². The van der Waals surface area contributed by atoms with Crippen molar-refractivity contribution in [2.45, 2.75) is 38.3 Å². The number of nitrogens with one attached hydrogen (secondary N) is 1. The number of aldehydes is 1. The number of fused-ring (bicyclic) bond motifs is 1. The molecule has 2 atom stereocenters. The van der Waals surface area contributed by atoms with Crippen molar-refractivity contribution in [3.63, 3.8) is 0 Å². The maximum absolute atomic E-state index is 13.9. The summed E-state index contributed by atoms with van der Waals surface area (Å²) in [5, 5.41) is 4.50. The fourth-order valence-corrected chi connectivity index (χ4v) is 4.95. The molecule has 1 heterocycles. The number of hydrogen-bond acceptors (Lipinski definition) is 3. The van der Waals surface area contributed by atoms with E-state index in [2.05, 4.69) is 10.1 Å². The van der Waals surface area contributed by atoms with E-state index < -0.39 is 5.66 Å². The van der Waals surface area contributed by atoms with E-state index in [1.165, 1.54) is 12.1 Å². The van der Waals surface area contributed by atoms with Gasteiger partial charge in [-0.1, -0.05) is 38.5 Å². The van der Waals surface area contributed by atoms with E-state index >= 15 is 0 Å².